The Morgan fingerprint density at radius 2 is 1.67 bits per heavy atom. The van der Waals surface area contributed by atoms with Crippen molar-refractivity contribution in [1.82, 2.24) is 10.2 Å². The highest BCUT2D eigenvalue weighted by Gasteiger charge is 2.35. The van der Waals surface area contributed by atoms with Crippen molar-refractivity contribution in [3.05, 3.63) is 80.9 Å². The van der Waals surface area contributed by atoms with Crippen LogP contribution in [0.25, 0.3) is 6.08 Å². The maximum atomic E-state index is 13.2. The monoisotopic (exact) mass is 581 g/mol. The number of amides is 3. The topological polar surface area (TPSA) is 186 Å². The zero-order chi connectivity index (χ0) is 30.6. The second-order valence-electron chi connectivity index (χ2n) is 8.39. The van der Waals surface area contributed by atoms with E-state index in [1.807, 2.05) is 0 Å². The van der Waals surface area contributed by atoms with Gasteiger partial charge in [-0.15, -0.1) is 0 Å². The van der Waals surface area contributed by atoms with E-state index >= 15 is 0 Å². The maximum Gasteiger partial charge on any atom is 0.373 e. The molecule has 0 spiro atoms. The lowest BCUT2D eigenvalue weighted by Crippen LogP contribution is -2.30. The SMILES string of the molecule is COC(=O)c1ccc(CN2C(=O)N/C(=C\c3cccc([N+](=O)[O-])c3OC(=O)c3cc(OC)c(OC)c(OC)c3)C2=O)o1. The molecule has 15 heteroatoms. The van der Waals surface area contributed by atoms with Gasteiger partial charge in [-0.1, -0.05) is 12.1 Å². The van der Waals surface area contributed by atoms with Gasteiger partial charge >= 0.3 is 23.7 Å². The summed E-state index contributed by atoms with van der Waals surface area (Å²) in [7, 11) is 5.24. The van der Waals surface area contributed by atoms with E-state index < -0.39 is 40.2 Å². The third-order valence-electron chi connectivity index (χ3n) is 5.94. The highest BCUT2D eigenvalue weighted by atomic mass is 16.6. The van der Waals surface area contributed by atoms with Crippen molar-refractivity contribution in [2.45, 2.75) is 6.54 Å². The van der Waals surface area contributed by atoms with Crippen molar-refractivity contribution in [2.24, 2.45) is 0 Å². The number of para-hydroxylation sites is 1. The molecule has 42 heavy (non-hydrogen) atoms. The van der Waals surface area contributed by atoms with E-state index in [0.29, 0.717) is 0 Å². The van der Waals surface area contributed by atoms with Gasteiger partial charge in [-0.3, -0.25) is 19.8 Å². The molecule has 1 aromatic heterocycles. The molecular weight excluding hydrogens is 558 g/mol. The van der Waals surface area contributed by atoms with E-state index in [0.717, 1.165) is 17.0 Å². The Morgan fingerprint density at radius 1 is 0.976 bits per heavy atom. The standard InChI is InChI=1S/C27H23N3O12/c1-37-20-11-15(12-21(38-2)23(20)39-3)25(32)42-22-14(6-5-7-18(22)30(35)36)10-17-24(31)29(27(34)28-17)13-16-8-9-19(41-16)26(33)40-4/h5-12H,13H2,1-4H3,(H,28,34)/b17-10-. The van der Waals surface area contributed by atoms with Crippen LogP contribution in [-0.4, -0.2) is 62.1 Å². The van der Waals surface area contributed by atoms with Gasteiger partial charge in [-0.2, -0.15) is 0 Å². The van der Waals surface area contributed by atoms with E-state index in [2.05, 4.69) is 10.1 Å². The van der Waals surface area contributed by atoms with E-state index in [4.69, 9.17) is 23.4 Å². The second kappa shape index (κ2) is 12.1. The molecule has 1 fully saturated rings. The number of rotatable bonds is 10. The number of nitrogens with zero attached hydrogens (tertiary/aromatic N) is 2. The number of methoxy groups -OCH3 is 4. The number of ether oxygens (including phenoxy) is 5. The Kier molecular flexibility index (Phi) is 8.40. The molecule has 1 aliphatic heterocycles. The number of esters is 2. The first-order valence-corrected chi connectivity index (χ1v) is 11.9. The van der Waals surface area contributed by atoms with Crippen LogP contribution < -0.4 is 24.3 Å². The first-order chi connectivity index (χ1) is 20.1. The summed E-state index contributed by atoms with van der Waals surface area (Å²) in [6.45, 7) is -0.323. The summed E-state index contributed by atoms with van der Waals surface area (Å²) in [4.78, 5) is 62.2. The van der Waals surface area contributed by atoms with Gasteiger partial charge in [-0.05, 0) is 30.3 Å². The summed E-state index contributed by atoms with van der Waals surface area (Å²) in [5.41, 5.74) is -0.973. The van der Waals surface area contributed by atoms with Crippen molar-refractivity contribution in [3.63, 3.8) is 0 Å². The zero-order valence-corrected chi connectivity index (χ0v) is 22.6. The molecule has 2 heterocycles. The second-order valence-corrected chi connectivity index (χ2v) is 8.39. The highest BCUT2D eigenvalue weighted by molar-refractivity contribution is 6.14. The molecule has 2 aromatic carbocycles. The van der Waals surface area contributed by atoms with E-state index in [9.17, 15) is 29.3 Å². The van der Waals surface area contributed by atoms with Crippen LogP contribution in [0.1, 0.15) is 32.2 Å². The molecule has 1 N–H and O–H groups in total. The molecule has 3 amide bonds. The van der Waals surface area contributed by atoms with Crippen LogP contribution in [0.2, 0.25) is 0 Å². The lowest BCUT2D eigenvalue weighted by Gasteiger charge is -2.14. The third-order valence-corrected chi connectivity index (χ3v) is 5.94. The summed E-state index contributed by atoms with van der Waals surface area (Å²) < 4.78 is 31.1. The van der Waals surface area contributed by atoms with Gasteiger partial charge in [0.15, 0.2) is 11.5 Å². The van der Waals surface area contributed by atoms with Crippen LogP contribution in [0, 0.1) is 10.1 Å². The molecule has 218 valence electrons. The molecule has 1 saturated heterocycles. The van der Waals surface area contributed by atoms with E-state index in [1.165, 1.54) is 64.8 Å². The first-order valence-electron chi connectivity index (χ1n) is 11.9. The molecule has 0 saturated carbocycles. The molecule has 0 radical (unpaired) electrons. The number of hydrogen-bond acceptors (Lipinski definition) is 12. The number of nitro groups is 1. The van der Waals surface area contributed by atoms with Crippen molar-refractivity contribution in [3.8, 4) is 23.0 Å². The number of hydrogen-bond donors (Lipinski definition) is 1. The van der Waals surface area contributed by atoms with Crippen LogP contribution in [0.15, 0.2) is 52.6 Å². The van der Waals surface area contributed by atoms with Gasteiger partial charge in [-0.25, -0.2) is 14.4 Å². The number of carbonyl (C=O) groups is 4. The number of nitro benzene ring substituents is 1. The number of imide groups is 1. The van der Waals surface area contributed by atoms with Crippen molar-refractivity contribution < 1.29 is 52.2 Å². The van der Waals surface area contributed by atoms with Gasteiger partial charge in [0.05, 0.1) is 45.5 Å². The number of furan rings is 1. The quantitative estimate of drug-likeness (QED) is 0.0921. The molecule has 0 aliphatic carbocycles. The zero-order valence-electron chi connectivity index (χ0n) is 22.6. The normalized spacial score (nSPS) is 13.5. The maximum absolute atomic E-state index is 13.2. The first kappa shape index (κ1) is 29.1. The Morgan fingerprint density at radius 3 is 2.26 bits per heavy atom. The van der Waals surface area contributed by atoms with Crippen LogP contribution in [-0.2, 0) is 16.1 Å². The molecule has 0 bridgehead atoms. The van der Waals surface area contributed by atoms with Gasteiger partial charge in [0.25, 0.3) is 5.91 Å². The minimum absolute atomic E-state index is 0.0542. The van der Waals surface area contributed by atoms with Crippen LogP contribution in [0.3, 0.4) is 0 Å². The third kappa shape index (κ3) is 5.70. The van der Waals surface area contributed by atoms with Crippen molar-refractivity contribution in [2.75, 3.05) is 28.4 Å². The molecule has 1 aliphatic rings. The lowest BCUT2D eigenvalue weighted by molar-refractivity contribution is -0.385. The van der Waals surface area contributed by atoms with Crippen LogP contribution in [0.5, 0.6) is 23.0 Å². The molecule has 4 rings (SSSR count). The molecular formula is C27H23N3O12. The fourth-order valence-electron chi connectivity index (χ4n) is 3.96. The number of carbonyl (C=O) groups excluding carboxylic acids is 4. The van der Waals surface area contributed by atoms with E-state index in [1.54, 1.807) is 0 Å². The van der Waals surface area contributed by atoms with Crippen LogP contribution >= 0.6 is 0 Å². The summed E-state index contributed by atoms with van der Waals surface area (Å²) in [6.07, 6.45) is 1.13. The highest BCUT2D eigenvalue weighted by Crippen LogP contribution is 2.39. The smallest absolute Gasteiger partial charge is 0.373 e. The van der Waals surface area contributed by atoms with Gasteiger partial charge < -0.3 is 33.4 Å². The average Bonchev–Trinajstić information content (AvgIpc) is 3.56. The Hall–Kier alpha value is -5.86. The Bertz CT molecular complexity index is 1600. The molecule has 0 atom stereocenters. The summed E-state index contributed by atoms with van der Waals surface area (Å²) in [5, 5.41) is 14.2. The fraction of sp³-hybridized carbons (Fsp3) is 0.185. The Labute approximate surface area is 237 Å². The summed E-state index contributed by atoms with van der Waals surface area (Å²) in [6, 6.07) is 8.29. The minimum atomic E-state index is -1.01. The van der Waals surface area contributed by atoms with Crippen molar-refractivity contribution >= 4 is 35.6 Å². The minimum Gasteiger partial charge on any atom is -0.493 e. The lowest BCUT2D eigenvalue weighted by atomic mass is 10.1. The van der Waals surface area contributed by atoms with Gasteiger partial charge in [0, 0.05) is 11.6 Å². The van der Waals surface area contributed by atoms with E-state index in [-0.39, 0.29) is 52.1 Å². The molecule has 0 unspecified atom stereocenters. The Balaban J connectivity index is 1.66. The largest absolute Gasteiger partial charge is 0.493 e. The summed E-state index contributed by atoms with van der Waals surface area (Å²) in [5.74, 6) is -2.53. The number of nitrogens with one attached hydrogen (secondary N) is 1. The van der Waals surface area contributed by atoms with Crippen molar-refractivity contribution in [1.29, 1.82) is 0 Å². The van der Waals surface area contributed by atoms with Gasteiger partial charge in [0.2, 0.25) is 17.3 Å². The molecule has 15 nitrogen and oxygen atoms in total. The number of benzene rings is 2. The molecule has 3 aromatic rings. The average molecular weight is 581 g/mol. The predicted octanol–water partition coefficient (Wildman–Crippen LogP) is 3.31. The van der Waals surface area contributed by atoms with Gasteiger partial charge in [0.1, 0.15) is 11.5 Å². The number of urea groups is 1. The van der Waals surface area contributed by atoms with Crippen LogP contribution in [0.4, 0.5) is 10.5 Å². The summed E-state index contributed by atoms with van der Waals surface area (Å²) >= 11 is 0. The predicted molar refractivity (Wildman–Crippen MR) is 141 cm³/mol. The fourth-order valence-corrected chi connectivity index (χ4v) is 3.96.